The smallest absolute Gasteiger partial charge is 0.417 e. The quantitative estimate of drug-likeness (QED) is 0.678. The number of rotatable bonds is 6. The minimum absolute atomic E-state index is 0.0131. The van der Waals surface area contributed by atoms with E-state index in [-0.39, 0.29) is 36.3 Å². The maximum atomic E-state index is 12.9. The molecule has 184 valence electrons. The van der Waals surface area contributed by atoms with Crippen LogP contribution in [0.1, 0.15) is 59.1 Å². The van der Waals surface area contributed by atoms with Crippen LogP contribution in [0.15, 0.2) is 30.5 Å². The molecule has 2 aromatic rings. The van der Waals surface area contributed by atoms with E-state index in [4.69, 9.17) is 4.74 Å². The first-order valence-corrected chi connectivity index (χ1v) is 11.5. The first-order chi connectivity index (χ1) is 16.0. The number of aliphatic hydroxyl groups is 1. The fourth-order valence-corrected chi connectivity index (χ4v) is 5.07. The van der Waals surface area contributed by atoms with Gasteiger partial charge in [-0.3, -0.25) is 14.7 Å². The molecule has 2 bridgehead atoms. The van der Waals surface area contributed by atoms with Crippen LogP contribution in [-0.2, 0) is 6.18 Å². The van der Waals surface area contributed by atoms with E-state index in [1.807, 2.05) is 13.0 Å². The summed E-state index contributed by atoms with van der Waals surface area (Å²) >= 11 is 0. The SMILES string of the molecule is Cc1c(OC[C@@H](C)O)ccc([C@H](C)N2C[C@@H]3C[C@H]2CN3C(=O)c2ccc(C(F)(F)F)cn2)c1C. The summed E-state index contributed by atoms with van der Waals surface area (Å²) in [6.07, 6.45) is -3.46. The van der Waals surface area contributed by atoms with E-state index >= 15 is 0 Å². The van der Waals surface area contributed by atoms with E-state index < -0.39 is 17.8 Å². The molecule has 0 unspecified atom stereocenters. The van der Waals surface area contributed by atoms with Gasteiger partial charge in [-0.25, -0.2) is 0 Å². The molecule has 2 aliphatic heterocycles. The number of nitrogens with zero attached hydrogens (tertiary/aromatic N) is 3. The minimum Gasteiger partial charge on any atom is -0.491 e. The predicted octanol–water partition coefficient (Wildman–Crippen LogP) is 4.14. The van der Waals surface area contributed by atoms with E-state index in [0.717, 1.165) is 41.6 Å². The second-order valence-electron chi connectivity index (χ2n) is 9.37. The van der Waals surface area contributed by atoms with Gasteiger partial charge in [0.05, 0.1) is 11.7 Å². The third kappa shape index (κ3) is 4.63. The van der Waals surface area contributed by atoms with Crippen molar-refractivity contribution in [3.05, 3.63) is 58.4 Å². The van der Waals surface area contributed by atoms with Crippen LogP contribution >= 0.6 is 0 Å². The molecule has 1 aromatic heterocycles. The number of halogens is 3. The normalized spacial score (nSPS) is 22.2. The van der Waals surface area contributed by atoms with Gasteiger partial charge in [0.15, 0.2) is 0 Å². The highest BCUT2D eigenvalue weighted by Crippen LogP contribution is 2.39. The maximum Gasteiger partial charge on any atom is 0.417 e. The van der Waals surface area contributed by atoms with Gasteiger partial charge in [-0.05, 0) is 69.0 Å². The molecule has 4 atom stereocenters. The second kappa shape index (κ2) is 9.19. The van der Waals surface area contributed by atoms with Crippen LogP contribution in [0.25, 0.3) is 0 Å². The number of alkyl halides is 3. The van der Waals surface area contributed by atoms with Crippen LogP contribution in [-0.4, -0.2) is 63.7 Å². The summed E-state index contributed by atoms with van der Waals surface area (Å²) in [6.45, 7) is 9.39. The van der Waals surface area contributed by atoms with Crippen molar-refractivity contribution >= 4 is 5.91 Å². The van der Waals surface area contributed by atoms with E-state index in [1.54, 1.807) is 11.8 Å². The predicted molar refractivity (Wildman–Crippen MR) is 121 cm³/mol. The van der Waals surface area contributed by atoms with Gasteiger partial charge < -0.3 is 14.7 Å². The average molecular weight is 478 g/mol. The van der Waals surface area contributed by atoms with Crippen LogP contribution in [0, 0.1) is 13.8 Å². The zero-order chi connectivity index (χ0) is 24.8. The van der Waals surface area contributed by atoms with Gasteiger partial charge in [-0.1, -0.05) is 6.07 Å². The average Bonchev–Trinajstić information content (AvgIpc) is 3.40. The van der Waals surface area contributed by atoms with Crippen molar-refractivity contribution < 1.29 is 27.8 Å². The standard InChI is InChI=1S/C25H30F3N3O3/c1-14(32)13-34-23-8-6-21(15(2)16(23)3)17(4)30-11-20-9-19(30)12-31(20)24(33)22-7-5-18(10-29-22)25(26,27)28/h5-8,10,14,17,19-20,32H,9,11-13H2,1-4H3/t14-,17+,19+,20+/m1/s1. The highest BCUT2D eigenvalue weighted by atomic mass is 19.4. The number of aliphatic hydroxyl groups excluding tert-OH is 1. The van der Waals surface area contributed by atoms with Crippen LogP contribution in [0.2, 0.25) is 0 Å². The Hall–Kier alpha value is -2.65. The lowest BCUT2D eigenvalue weighted by molar-refractivity contribution is -0.137. The van der Waals surface area contributed by atoms with Crippen LogP contribution in [0.4, 0.5) is 13.2 Å². The molecule has 1 N–H and O–H groups in total. The van der Waals surface area contributed by atoms with Crippen molar-refractivity contribution in [3.63, 3.8) is 0 Å². The molecule has 2 aliphatic rings. The number of pyridine rings is 1. The Kier molecular flexibility index (Phi) is 6.61. The summed E-state index contributed by atoms with van der Waals surface area (Å²) in [4.78, 5) is 20.8. The molecule has 0 radical (unpaired) electrons. The molecule has 4 rings (SSSR count). The highest BCUT2D eigenvalue weighted by molar-refractivity contribution is 5.93. The van der Waals surface area contributed by atoms with Crippen molar-refractivity contribution in [2.75, 3.05) is 19.7 Å². The molecule has 0 aliphatic carbocycles. The number of likely N-dealkylation sites (tertiary alicyclic amines) is 2. The fraction of sp³-hybridized carbons (Fsp3) is 0.520. The number of amides is 1. The Morgan fingerprint density at radius 1 is 1.15 bits per heavy atom. The van der Waals surface area contributed by atoms with Crippen LogP contribution in [0.5, 0.6) is 5.75 Å². The van der Waals surface area contributed by atoms with Crippen molar-refractivity contribution in [2.24, 2.45) is 0 Å². The van der Waals surface area contributed by atoms with Gasteiger partial charge in [0.1, 0.15) is 18.1 Å². The molecule has 2 saturated heterocycles. The summed E-state index contributed by atoms with van der Waals surface area (Å²) in [5, 5.41) is 9.49. The molecule has 34 heavy (non-hydrogen) atoms. The van der Waals surface area contributed by atoms with Crippen molar-refractivity contribution in [1.29, 1.82) is 0 Å². The Labute approximate surface area is 197 Å². The first-order valence-electron chi connectivity index (χ1n) is 11.5. The number of fused-ring (bicyclic) bond motifs is 2. The number of piperazine rings is 1. The monoisotopic (exact) mass is 477 g/mol. The zero-order valence-corrected chi connectivity index (χ0v) is 19.8. The third-order valence-corrected chi connectivity index (χ3v) is 7.06. The molecular formula is C25H30F3N3O3. The molecule has 3 heterocycles. The van der Waals surface area contributed by atoms with Gasteiger partial charge in [0.25, 0.3) is 5.91 Å². The summed E-state index contributed by atoms with van der Waals surface area (Å²) in [7, 11) is 0. The van der Waals surface area contributed by atoms with Gasteiger partial charge in [0.2, 0.25) is 0 Å². The summed E-state index contributed by atoms with van der Waals surface area (Å²) in [5.41, 5.74) is 2.55. The Morgan fingerprint density at radius 3 is 2.44 bits per heavy atom. The lowest BCUT2D eigenvalue weighted by Crippen LogP contribution is -2.49. The van der Waals surface area contributed by atoms with E-state index in [2.05, 4.69) is 29.8 Å². The largest absolute Gasteiger partial charge is 0.491 e. The lowest BCUT2D eigenvalue weighted by Gasteiger charge is -2.38. The highest BCUT2D eigenvalue weighted by Gasteiger charge is 2.47. The van der Waals surface area contributed by atoms with Gasteiger partial charge in [-0.15, -0.1) is 0 Å². The zero-order valence-electron chi connectivity index (χ0n) is 19.8. The Balaban J connectivity index is 1.43. The van der Waals surface area contributed by atoms with Gasteiger partial charge >= 0.3 is 6.18 Å². The van der Waals surface area contributed by atoms with Gasteiger partial charge in [0, 0.05) is 37.4 Å². The molecule has 1 aromatic carbocycles. The Morgan fingerprint density at radius 2 is 1.88 bits per heavy atom. The summed E-state index contributed by atoms with van der Waals surface area (Å²) in [5.74, 6) is 0.443. The molecule has 0 spiro atoms. The van der Waals surface area contributed by atoms with Crippen molar-refractivity contribution in [3.8, 4) is 5.75 Å². The molecule has 1 amide bonds. The fourth-order valence-electron chi connectivity index (χ4n) is 5.07. The first kappa shape index (κ1) is 24.5. The van der Waals surface area contributed by atoms with Crippen molar-refractivity contribution in [1.82, 2.24) is 14.8 Å². The van der Waals surface area contributed by atoms with Gasteiger partial charge in [-0.2, -0.15) is 13.2 Å². The second-order valence-corrected chi connectivity index (χ2v) is 9.37. The molecule has 2 fully saturated rings. The maximum absolute atomic E-state index is 12.9. The van der Waals surface area contributed by atoms with Crippen LogP contribution < -0.4 is 4.74 Å². The lowest BCUT2D eigenvalue weighted by atomic mass is 9.96. The number of hydrogen-bond donors (Lipinski definition) is 1. The number of aromatic nitrogens is 1. The molecule has 6 nitrogen and oxygen atoms in total. The summed E-state index contributed by atoms with van der Waals surface area (Å²) in [6, 6.07) is 6.40. The minimum atomic E-state index is -4.48. The van der Waals surface area contributed by atoms with E-state index in [0.29, 0.717) is 13.1 Å². The summed E-state index contributed by atoms with van der Waals surface area (Å²) < 4.78 is 44.1. The third-order valence-electron chi connectivity index (χ3n) is 7.06. The van der Waals surface area contributed by atoms with E-state index in [1.165, 1.54) is 5.56 Å². The molecule has 0 saturated carbocycles. The number of ether oxygens (including phenoxy) is 1. The van der Waals surface area contributed by atoms with Crippen molar-refractivity contribution in [2.45, 2.75) is 64.5 Å². The number of benzene rings is 1. The number of carbonyl (C=O) groups is 1. The number of hydrogen-bond acceptors (Lipinski definition) is 5. The van der Waals surface area contributed by atoms with E-state index in [9.17, 15) is 23.1 Å². The molecular weight excluding hydrogens is 447 g/mol. The topological polar surface area (TPSA) is 65.9 Å². The number of carbonyl (C=O) groups excluding carboxylic acids is 1. The molecule has 9 heteroatoms. The van der Waals surface area contributed by atoms with Crippen LogP contribution in [0.3, 0.4) is 0 Å². The Bertz CT molecular complexity index is 1060.